The standard InChI is InChI=1S/C21H30N6O7S/c1-21(2,3)27(35(30,31)34-20(22)29)12-18(28)25-6-8-26(9-7-25)19-14-10-16(32-4)17(33-5)11-15(14)23-13-24-19/h10-11,13H,6-9,12H2,1-5H3,(H2,22,29). The summed E-state index contributed by atoms with van der Waals surface area (Å²) in [5.74, 6) is 1.37. The van der Waals surface area contributed by atoms with Crippen molar-refractivity contribution in [3.05, 3.63) is 18.5 Å². The van der Waals surface area contributed by atoms with Crippen LogP contribution in [-0.4, -0.2) is 92.1 Å². The molecule has 0 atom stereocenters. The summed E-state index contributed by atoms with van der Waals surface area (Å²) < 4.78 is 40.8. The van der Waals surface area contributed by atoms with Crippen LogP contribution in [0.1, 0.15) is 20.8 Å². The first-order valence-electron chi connectivity index (χ1n) is 10.8. The van der Waals surface area contributed by atoms with E-state index >= 15 is 0 Å². The molecule has 1 fully saturated rings. The number of piperazine rings is 1. The topological polar surface area (TPSA) is 157 Å². The molecule has 0 unspecified atom stereocenters. The van der Waals surface area contributed by atoms with Gasteiger partial charge in [-0.05, 0) is 26.8 Å². The number of primary amides is 1. The van der Waals surface area contributed by atoms with Gasteiger partial charge in [-0.1, -0.05) is 0 Å². The molecule has 0 saturated carbocycles. The van der Waals surface area contributed by atoms with E-state index in [4.69, 9.17) is 15.2 Å². The maximum atomic E-state index is 13.0. The summed E-state index contributed by atoms with van der Waals surface area (Å²) in [6, 6.07) is 3.58. The van der Waals surface area contributed by atoms with E-state index in [1.54, 1.807) is 46.0 Å². The molecule has 3 rings (SSSR count). The molecular weight excluding hydrogens is 480 g/mol. The van der Waals surface area contributed by atoms with Crippen molar-refractivity contribution >= 4 is 39.0 Å². The Kier molecular flexibility index (Phi) is 7.55. The highest BCUT2D eigenvalue weighted by Gasteiger charge is 2.38. The first kappa shape index (κ1) is 26.2. The number of nitrogens with two attached hydrogens (primary N) is 1. The molecule has 0 bridgehead atoms. The monoisotopic (exact) mass is 510 g/mol. The van der Waals surface area contributed by atoms with Crippen molar-refractivity contribution in [1.82, 2.24) is 19.2 Å². The minimum atomic E-state index is -4.54. The molecule has 13 nitrogen and oxygen atoms in total. The molecule has 2 N–H and O–H groups in total. The molecule has 0 radical (unpaired) electrons. The summed E-state index contributed by atoms with van der Waals surface area (Å²) >= 11 is 0. The molecule has 1 aliphatic heterocycles. The smallest absolute Gasteiger partial charge is 0.421 e. The highest BCUT2D eigenvalue weighted by atomic mass is 32.2. The number of methoxy groups -OCH3 is 2. The zero-order valence-electron chi connectivity index (χ0n) is 20.3. The summed E-state index contributed by atoms with van der Waals surface area (Å²) in [6.45, 7) is 5.88. The number of ether oxygens (including phenoxy) is 2. The molecule has 0 spiro atoms. The lowest BCUT2D eigenvalue weighted by molar-refractivity contribution is -0.132. The lowest BCUT2D eigenvalue weighted by atomic mass is 10.1. The van der Waals surface area contributed by atoms with Crippen LogP contribution in [0.2, 0.25) is 0 Å². The summed E-state index contributed by atoms with van der Waals surface area (Å²) in [5.41, 5.74) is 4.55. The van der Waals surface area contributed by atoms with Crippen LogP contribution >= 0.6 is 0 Å². The summed E-state index contributed by atoms with van der Waals surface area (Å²) in [4.78, 5) is 36.3. The Morgan fingerprint density at radius 1 is 1.06 bits per heavy atom. The fourth-order valence-electron chi connectivity index (χ4n) is 3.81. The van der Waals surface area contributed by atoms with E-state index in [1.807, 2.05) is 11.0 Å². The Hall–Kier alpha value is -3.39. The molecule has 2 amide bonds. The lowest BCUT2D eigenvalue weighted by Gasteiger charge is -2.38. The predicted molar refractivity (Wildman–Crippen MR) is 127 cm³/mol. The van der Waals surface area contributed by atoms with Gasteiger partial charge in [0.15, 0.2) is 11.5 Å². The maximum Gasteiger partial charge on any atom is 0.421 e. The van der Waals surface area contributed by atoms with E-state index < -0.39 is 34.4 Å². The SMILES string of the molecule is COc1cc2ncnc(N3CCN(C(=O)CN(C(C)(C)C)S(=O)(=O)OC(N)=O)CC3)c2cc1OC. The van der Waals surface area contributed by atoms with Crippen molar-refractivity contribution in [3.8, 4) is 11.5 Å². The van der Waals surface area contributed by atoms with E-state index in [0.29, 0.717) is 49.0 Å². The van der Waals surface area contributed by atoms with E-state index in [2.05, 4.69) is 14.2 Å². The highest BCUT2D eigenvalue weighted by molar-refractivity contribution is 7.84. The van der Waals surface area contributed by atoms with Gasteiger partial charge < -0.3 is 29.2 Å². The van der Waals surface area contributed by atoms with E-state index in [0.717, 1.165) is 9.69 Å². The number of aromatic nitrogens is 2. The number of nitrogens with zero attached hydrogens (tertiary/aromatic N) is 5. The van der Waals surface area contributed by atoms with Gasteiger partial charge in [-0.25, -0.2) is 14.8 Å². The third-order valence-electron chi connectivity index (χ3n) is 5.54. The molecule has 0 aliphatic carbocycles. The number of amides is 2. The van der Waals surface area contributed by atoms with Crippen molar-refractivity contribution in [2.45, 2.75) is 26.3 Å². The van der Waals surface area contributed by atoms with Crippen LogP contribution < -0.4 is 20.1 Å². The van der Waals surface area contributed by atoms with Crippen molar-refractivity contribution in [2.75, 3.05) is 51.8 Å². The fraction of sp³-hybridized carbons (Fsp3) is 0.524. The largest absolute Gasteiger partial charge is 0.493 e. The minimum absolute atomic E-state index is 0.340. The number of carbonyl (C=O) groups is 2. The van der Waals surface area contributed by atoms with Crippen LogP contribution in [0.5, 0.6) is 11.5 Å². The van der Waals surface area contributed by atoms with Gasteiger partial charge in [-0.2, -0.15) is 12.7 Å². The molecule has 1 saturated heterocycles. The number of hydrogen-bond donors (Lipinski definition) is 1. The molecular formula is C21H30N6O7S. The van der Waals surface area contributed by atoms with E-state index in [-0.39, 0.29) is 0 Å². The minimum Gasteiger partial charge on any atom is -0.493 e. The second-order valence-electron chi connectivity index (χ2n) is 8.83. The van der Waals surface area contributed by atoms with Gasteiger partial charge in [0.25, 0.3) is 0 Å². The zero-order valence-corrected chi connectivity index (χ0v) is 21.2. The van der Waals surface area contributed by atoms with Crippen molar-refractivity contribution in [3.63, 3.8) is 0 Å². The Bertz CT molecular complexity index is 1210. The average molecular weight is 511 g/mol. The first-order valence-corrected chi connectivity index (χ1v) is 12.1. The number of hydrogen-bond acceptors (Lipinski definition) is 10. The van der Waals surface area contributed by atoms with Crippen molar-refractivity contribution in [2.24, 2.45) is 5.73 Å². The lowest BCUT2D eigenvalue weighted by Crippen LogP contribution is -2.55. The second-order valence-corrected chi connectivity index (χ2v) is 10.3. The average Bonchev–Trinajstić information content (AvgIpc) is 2.79. The van der Waals surface area contributed by atoms with Gasteiger partial charge in [0.05, 0.1) is 26.3 Å². The number of carbonyl (C=O) groups excluding carboxylic acids is 2. The molecule has 1 aliphatic rings. The number of rotatable bonds is 7. The number of fused-ring (bicyclic) bond motifs is 1. The Balaban J connectivity index is 1.75. The normalized spacial score (nSPS) is 14.8. The van der Waals surface area contributed by atoms with Crippen LogP contribution in [0.3, 0.4) is 0 Å². The third-order valence-corrected chi connectivity index (χ3v) is 7.13. The Morgan fingerprint density at radius 3 is 2.20 bits per heavy atom. The van der Waals surface area contributed by atoms with Gasteiger partial charge in [0.1, 0.15) is 12.1 Å². The maximum absolute atomic E-state index is 13.0. The predicted octanol–water partition coefficient (Wildman–Crippen LogP) is 0.736. The van der Waals surface area contributed by atoms with Crippen LogP contribution in [0, 0.1) is 0 Å². The van der Waals surface area contributed by atoms with Gasteiger partial charge in [0, 0.05) is 43.2 Å². The van der Waals surface area contributed by atoms with Gasteiger partial charge >= 0.3 is 16.4 Å². The van der Waals surface area contributed by atoms with Gasteiger partial charge in [0.2, 0.25) is 5.91 Å². The van der Waals surface area contributed by atoms with Crippen LogP contribution in [0.15, 0.2) is 18.5 Å². The molecule has 35 heavy (non-hydrogen) atoms. The Labute approximate surface area is 204 Å². The zero-order chi connectivity index (χ0) is 26.0. The van der Waals surface area contributed by atoms with E-state index in [1.165, 1.54) is 6.33 Å². The molecule has 2 heterocycles. The molecule has 1 aromatic carbocycles. The number of anilines is 1. The molecule has 192 valence electrons. The summed E-state index contributed by atoms with van der Waals surface area (Å²) in [5, 5.41) is 0.776. The molecule has 1 aromatic heterocycles. The van der Waals surface area contributed by atoms with Crippen LogP contribution in [0.4, 0.5) is 10.6 Å². The molecule has 2 aromatic rings. The third kappa shape index (κ3) is 5.82. The summed E-state index contributed by atoms with van der Waals surface area (Å²) in [6.07, 6.45) is -0.00187. The van der Waals surface area contributed by atoms with Gasteiger partial charge in [-0.3, -0.25) is 4.79 Å². The fourth-order valence-corrected chi connectivity index (χ4v) is 5.05. The molecule has 14 heteroatoms. The summed E-state index contributed by atoms with van der Waals surface area (Å²) in [7, 11) is -1.44. The van der Waals surface area contributed by atoms with Gasteiger partial charge in [-0.15, -0.1) is 0 Å². The quantitative estimate of drug-likeness (QED) is 0.563. The number of benzene rings is 1. The van der Waals surface area contributed by atoms with Crippen molar-refractivity contribution < 1.29 is 31.7 Å². The van der Waals surface area contributed by atoms with E-state index in [9.17, 15) is 18.0 Å². The first-order chi connectivity index (χ1) is 16.4. The highest BCUT2D eigenvalue weighted by Crippen LogP contribution is 2.35. The van der Waals surface area contributed by atoms with Crippen LogP contribution in [0.25, 0.3) is 10.9 Å². The Morgan fingerprint density at radius 2 is 1.66 bits per heavy atom. The second kappa shape index (κ2) is 10.1. The van der Waals surface area contributed by atoms with Crippen LogP contribution in [-0.2, 0) is 19.3 Å². The van der Waals surface area contributed by atoms with Crippen molar-refractivity contribution in [1.29, 1.82) is 0 Å².